The smallest absolute Gasteiger partial charge is 0.330 e. The summed E-state index contributed by atoms with van der Waals surface area (Å²) in [5.74, 6) is -1.87. The second-order valence-electron chi connectivity index (χ2n) is 12.0. The average molecular weight is 545 g/mol. The Bertz CT molecular complexity index is 1170. The summed E-state index contributed by atoms with van der Waals surface area (Å²) in [5, 5.41) is 20.8. The lowest BCUT2D eigenvalue weighted by atomic mass is 9.51. The Labute approximate surface area is 226 Å². The molecule has 2 spiro atoms. The van der Waals surface area contributed by atoms with E-state index < -0.39 is 58.6 Å². The van der Waals surface area contributed by atoms with Crippen molar-refractivity contribution >= 4 is 17.7 Å². The predicted octanol–water partition coefficient (Wildman–Crippen LogP) is 1.47. The van der Waals surface area contributed by atoms with Crippen molar-refractivity contribution in [3.05, 3.63) is 35.5 Å². The molecule has 4 bridgehead atoms. The van der Waals surface area contributed by atoms with Gasteiger partial charge in [-0.05, 0) is 44.6 Å². The van der Waals surface area contributed by atoms with Crippen LogP contribution in [0.15, 0.2) is 35.5 Å². The van der Waals surface area contributed by atoms with Gasteiger partial charge in [0.1, 0.15) is 31.0 Å². The number of epoxide rings is 1. The Morgan fingerprint density at radius 2 is 1.90 bits per heavy atom. The lowest BCUT2D eigenvalue weighted by molar-refractivity contribution is -0.232. The third-order valence-electron chi connectivity index (χ3n) is 10.3. The Balaban J connectivity index is 1.41. The number of allylic oxidation sites excluding steroid dienone is 2. The maximum atomic E-state index is 13.2. The van der Waals surface area contributed by atoms with Gasteiger partial charge in [-0.3, -0.25) is 4.79 Å². The first-order valence-electron chi connectivity index (χ1n) is 13.8. The summed E-state index contributed by atoms with van der Waals surface area (Å²) < 4.78 is 30.5. The molecule has 4 aliphatic heterocycles. The number of aliphatic hydroxyl groups excluding tert-OH is 2. The number of hydrogen-bond donors (Lipinski definition) is 2. The van der Waals surface area contributed by atoms with E-state index in [0.717, 1.165) is 6.42 Å². The van der Waals surface area contributed by atoms with Crippen molar-refractivity contribution in [3.63, 3.8) is 0 Å². The molecule has 212 valence electrons. The summed E-state index contributed by atoms with van der Waals surface area (Å²) in [6.07, 6.45) is 6.04. The maximum Gasteiger partial charge on any atom is 0.330 e. The Kier molecular flexibility index (Phi) is 6.43. The van der Waals surface area contributed by atoms with Gasteiger partial charge >= 0.3 is 11.9 Å². The molecule has 10 nitrogen and oxygen atoms in total. The van der Waals surface area contributed by atoms with E-state index in [1.54, 1.807) is 6.08 Å². The number of esters is 2. The molecule has 2 aliphatic carbocycles. The summed E-state index contributed by atoms with van der Waals surface area (Å²) in [4.78, 5) is 39.1. The topological polar surface area (TPSA) is 141 Å². The van der Waals surface area contributed by atoms with E-state index >= 15 is 0 Å². The number of hydrogen-bond acceptors (Lipinski definition) is 10. The molecule has 4 heterocycles. The highest BCUT2D eigenvalue weighted by Gasteiger charge is 2.83. The fraction of sp³-hybridized carbons (Fsp3) is 0.690. The summed E-state index contributed by atoms with van der Waals surface area (Å²) in [6.45, 7) is 3.88. The van der Waals surface area contributed by atoms with E-state index in [9.17, 15) is 24.6 Å². The van der Waals surface area contributed by atoms with E-state index in [1.807, 2.05) is 0 Å². The molecule has 0 radical (unpaired) electrons. The largest absolute Gasteiger partial charge is 0.462 e. The molecule has 3 saturated heterocycles. The third-order valence-corrected chi connectivity index (χ3v) is 10.3. The molecule has 0 amide bonds. The predicted molar refractivity (Wildman–Crippen MR) is 134 cm³/mol. The van der Waals surface area contributed by atoms with Crippen LogP contribution in [0.4, 0.5) is 0 Å². The van der Waals surface area contributed by atoms with Crippen LogP contribution in [0.1, 0.15) is 52.4 Å². The van der Waals surface area contributed by atoms with Crippen LogP contribution in [-0.2, 0) is 38.1 Å². The number of Topliss-reactive ketones (excluding diaryl/α,β-unsaturated/α-hetero) is 1. The zero-order valence-electron chi connectivity index (χ0n) is 22.4. The van der Waals surface area contributed by atoms with Crippen LogP contribution in [0.3, 0.4) is 0 Å². The first kappa shape index (κ1) is 26.8. The van der Waals surface area contributed by atoms with Crippen LogP contribution in [0.2, 0.25) is 0 Å². The Morgan fingerprint density at radius 1 is 1.10 bits per heavy atom. The number of carbonyl (C=O) groups is 3. The van der Waals surface area contributed by atoms with Crippen LogP contribution in [0.25, 0.3) is 0 Å². The van der Waals surface area contributed by atoms with Crippen molar-refractivity contribution in [1.29, 1.82) is 0 Å². The zero-order chi connectivity index (χ0) is 27.6. The fourth-order valence-corrected chi connectivity index (χ4v) is 7.92. The molecular weight excluding hydrogens is 508 g/mol. The van der Waals surface area contributed by atoms with Crippen molar-refractivity contribution in [2.45, 2.75) is 88.0 Å². The van der Waals surface area contributed by atoms with E-state index in [0.29, 0.717) is 25.0 Å². The van der Waals surface area contributed by atoms with E-state index in [4.69, 9.17) is 23.7 Å². The van der Waals surface area contributed by atoms with Crippen LogP contribution < -0.4 is 0 Å². The second kappa shape index (κ2) is 9.34. The Hall–Kier alpha value is -2.37. The molecule has 1 saturated carbocycles. The van der Waals surface area contributed by atoms with E-state index in [-0.39, 0.29) is 44.7 Å². The number of fused-ring (bicyclic) bond motifs is 2. The highest BCUT2D eigenvalue weighted by atomic mass is 16.6. The van der Waals surface area contributed by atoms with Crippen LogP contribution in [-0.4, -0.2) is 90.0 Å². The van der Waals surface area contributed by atoms with Crippen molar-refractivity contribution in [1.82, 2.24) is 0 Å². The standard InChI is InChI=1S/C29H36O10/c1-17-6-9-27-15-35-24(33)12-18-7-10-36-28(25(18)34,19(31)14-30)8-4-3-5-23(32)39-20-13-22(38-21(27)11-17)29(16-37-29)26(20,27)2/h3,5,11-12,20-22,25,30,34H,4,6-10,13-16H2,1-2H3/b5-3+,18-12+/t20-,21+,22+,25+,26-,27?,28-,29+/m0/s1. The first-order valence-corrected chi connectivity index (χ1v) is 13.8. The van der Waals surface area contributed by atoms with Gasteiger partial charge in [0.15, 0.2) is 11.4 Å². The highest BCUT2D eigenvalue weighted by molar-refractivity contribution is 5.90. The normalized spacial score (nSPS) is 47.7. The number of ketones is 1. The van der Waals surface area contributed by atoms with Gasteiger partial charge in [0.2, 0.25) is 0 Å². The average Bonchev–Trinajstić information content (AvgIpc) is 3.69. The molecule has 2 N–H and O–H groups in total. The summed E-state index contributed by atoms with van der Waals surface area (Å²) >= 11 is 0. The minimum absolute atomic E-state index is 0.00815. The Morgan fingerprint density at radius 3 is 2.64 bits per heavy atom. The first-order chi connectivity index (χ1) is 18.6. The summed E-state index contributed by atoms with van der Waals surface area (Å²) in [7, 11) is 0. The third kappa shape index (κ3) is 3.75. The van der Waals surface area contributed by atoms with Gasteiger partial charge in [-0.2, -0.15) is 0 Å². The number of aliphatic hydroxyl groups is 2. The minimum atomic E-state index is -1.73. The van der Waals surface area contributed by atoms with Gasteiger partial charge in [-0.1, -0.05) is 24.6 Å². The minimum Gasteiger partial charge on any atom is -0.462 e. The van der Waals surface area contributed by atoms with Crippen LogP contribution in [0.5, 0.6) is 0 Å². The molecule has 0 aromatic rings. The van der Waals surface area contributed by atoms with Gasteiger partial charge in [0.25, 0.3) is 0 Å². The molecule has 1 unspecified atom stereocenters. The molecular formula is C29H36O10. The highest BCUT2D eigenvalue weighted by Crippen LogP contribution is 2.72. The van der Waals surface area contributed by atoms with E-state index in [2.05, 4.69) is 19.9 Å². The van der Waals surface area contributed by atoms with Gasteiger partial charge in [0, 0.05) is 24.0 Å². The number of rotatable bonds is 2. The molecule has 0 aromatic heterocycles. The van der Waals surface area contributed by atoms with Crippen molar-refractivity contribution < 1.29 is 48.3 Å². The van der Waals surface area contributed by atoms with Crippen LogP contribution in [0, 0.1) is 10.8 Å². The number of carbonyl (C=O) groups excluding carboxylic acids is 3. The van der Waals surface area contributed by atoms with Gasteiger partial charge in [-0.15, -0.1) is 0 Å². The van der Waals surface area contributed by atoms with Crippen LogP contribution >= 0.6 is 0 Å². The zero-order valence-corrected chi connectivity index (χ0v) is 22.4. The number of ether oxygens (including phenoxy) is 5. The van der Waals surface area contributed by atoms with Crippen molar-refractivity contribution in [3.8, 4) is 0 Å². The van der Waals surface area contributed by atoms with Crippen molar-refractivity contribution in [2.75, 3.05) is 26.4 Å². The lowest BCUT2D eigenvalue weighted by Gasteiger charge is -2.58. The molecule has 0 aromatic carbocycles. The molecule has 4 fully saturated rings. The van der Waals surface area contributed by atoms with Gasteiger partial charge < -0.3 is 33.9 Å². The SMILES string of the molecule is CC1=C[C@H]2O[C@@H]3C[C@@H]4OC(=O)/C=C/CC[C@@]5(C(=O)CO)OCC/C(=C\C(=O)OCC2(CC1)[C@@]4(C)[C@@]31CO1)[C@H]5O. The molecule has 10 heteroatoms. The number of cyclic esters (lactones) is 1. The lowest BCUT2D eigenvalue weighted by Crippen LogP contribution is -2.66. The monoisotopic (exact) mass is 544 g/mol. The fourth-order valence-electron chi connectivity index (χ4n) is 7.92. The summed E-state index contributed by atoms with van der Waals surface area (Å²) in [5.41, 5.74) is -2.22. The van der Waals surface area contributed by atoms with Gasteiger partial charge in [0.05, 0.1) is 30.8 Å². The molecule has 39 heavy (non-hydrogen) atoms. The van der Waals surface area contributed by atoms with Gasteiger partial charge in [-0.25, -0.2) is 9.59 Å². The second-order valence-corrected chi connectivity index (χ2v) is 12.0. The molecule has 8 atom stereocenters. The van der Waals surface area contributed by atoms with Crippen molar-refractivity contribution in [2.24, 2.45) is 10.8 Å². The molecule has 6 aliphatic rings. The quantitative estimate of drug-likeness (QED) is 0.298. The summed E-state index contributed by atoms with van der Waals surface area (Å²) in [6, 6.07) is 0. The van der Waals surface area contributed by atoms with E-state index in [1.165, 1.54) is 17.7 Å². The maximum absolute atomic E-state index is 13.2. The molecule has 6 rings (SSSR count).